The Kier molecular flexibility index (Phi) is 4.63. The van der Waals surface area contributed by atoms with Gasteiger partial charge in [0.05, 0.1) is 0 Å². The Labute approximate surface area is 120 Å². The number of carbonyl (C=O) groups excluding carboxylic acids is 2. The van der Waals surface area contributed by atoms with Crippen LogP contribution in [0.15, 0.2) is 24.4 Å². The second-order valence-corrected chi connectivity index (χ2v) is 6.59. The van der Waals surface area contributed by atoms with Crippen molar-refractivity contribution >= 4 is 12.1 Å². The van der Waals surface area contributed by atoms with Gasteiger partial charge in [-0.2, -0.15) is 0 Å². The molecule has 1 atom stereocenters. The number of hydrogen-bond donors (Lipinski definition) is 0. The molecule has 5 heteroatoms. The van der Waals surface area contributed by atoms with E-state index in [0.717, 1.165) is 0 Å². The standard InChI is InChI=1S/C15H23NO4/c1-14(2,3)19-12(17)11-9-7-8-10-16(11)13(18)20-15(4,5)6/h7-11H,1-6H3. The quantitative estimate of drug-likeness (QED) is 0.693. The van der Waals surface area contributed by atoms with Crippen molar-refractivity contribution in [2.45, 2.75) is 58.8 Å². The summed E-state index contributed by atoms with van der Waals surface area (Å²) in [5.74, 6) is -0.482. The molecular weight excluding hydrogens is 258 g/mol. The highest BCUT2D eigenvalue weighted by atomic mass is 16.6. The maximum absolute atomic E-state index is 12.1. The monoisotopic (exact) mass is 281 g/mol. The van der Waals surface area contributed by atoms with Gasteiger partial charge in [-0.05, 0) is 47.6 Å². The van der Waals surface area contributed by atoms with Crippen LogP contribution in [0.3, 0.4) is 0 Å². The van der Waals surface area contributed by atoms with Gasteiger partial charge < -0.3 is 9.47 Å². The van der Waals surface area contributed by atoms with Crippen LogP contribution in [0.1, 0.15) is 41.5 Å². The van der Waals surface area contributed by atoms with Gasteiger partial charge in [0.1, 0.15) is 11.2 Å². The predicted molar refractivity (Wildman–Crippen MR) is 76.0 cm³/mol. The number of allylic oxidation sites excluding steroid dienone is 2. The van der Waals surface area contributed by atoms with E-state index in [-0.39, 0.29) is 0 Å². The number of carbonyl (C=O) groups is 2. The van der Waals surface area contributed by atoms with Crippen LogP contribution < -0.4 is 0 Å². The summed E-state index contributed by atoms with van der Waals surface area (Å²) < 4.78 is 10.6. The number of esters is 1. The molecule has 0 aliphatic carbocycles. The molecule has 0 aromatic heterocycles. The van der Waals surface area contributed by atoms with Crippen LogP contribution in [-0.2, 0) is 14.3 Å². The fourth-order valence-corrected chi connectivity index (χ4v) is 1.54. The van der Waals surface area contributed by atoms with E-state index in [2.05, 4.69) is 0 Å². The molecular formula is C15H23NO4. The summed E-state index contributed by atoms with van der Waals surface area (Å²) in [6, 6.07) is -0.797. The smallest absolute Gasteiger partial charge is 0.415 e. The van der Waals surface area contributed by atoms with Crippen molar-refractivity contribution in [1.82, 2.24) is 4.90 Å². The Morgan fingerprint density at radius 1 is 0.950 bits per heavy atom. The summed E-state index contributed by atoms with van der Waals surface area (Å²) in [5.41, 5.74) is -1.23. The average Bonchev–Trinajstić information content (AvgIpc) is 2.24. The molecule has 0 saturated carbocycles. The SMILES string of the molecule is CC(C)(C)OC(=O)C1C=CC=CN1C(=O)OC(C)(C)C. The second kappa shape index (κ2) is 5.69. The third-order valence-corrected chi connectivity index (χ3v) is 2.20. The summed E-state index contributed by atoms with van der Waals surface area (Å²) in [7, 11) is 0. The molecule has 1 amide bonds. The van der Waals surface area contributed by atoms with Gasteiger partial charge in [0.2, 0.25) is 0 Å². The van der Waals surface area contributed by atoms with Crippen LogP contribution in [0.5, 0.6) is 0 Å². The minimum atomic E-state index is -0.797. The van der Waals surface area contributed by atoms with Gasteiger partial charge in [0.25, 0.3) is 0 Å². The van der Waals surface area contributed by atoms with Crippen molar-refractivity contribution in [3.8, 4) is 0 Å². The molecule has 0 radical (unpaired) electrons. The molecule has 0 bridgehead atoms. The first kappa shape index (κ1) is 16.3. The molecule has 5 nitrogen and oxygen atoms in total. The van der Waals surface area contributed by atoms with Crippen molar-refractivity contribution in [2.75, 3.05) is 0 Å². The minimum absolute atomic E-state index is 0.482. The van der Waals surface area contributed by atoms with Gasteiger partial charge in [0, 0.05) is 6.20 Å². The first-order valence-electron chi connectivity index (χ1n) is 6.59. The van der Waals surface area contributed by atoms with Crippen molar-refractivity contribution in [3.63, 3.8) is 0 Å². The number of rotatable bonds is 1. The zero-order chi connectivity index (χ0) is 15.6. The topological polar surface area (TPSA) is 55.8 Å². The minimum Gasteiger partial charge on any atom is -0.458 e. The molecule has 0 fully saturated rings. The molecule has 0 spiro atoms. The molecule has 1 unspecified atom stereocenters. The lowest BCUT2D eigenvalue weighted by Crippen LogP contribution is -2.46. The Morgan fingerprint density at radius 2 is 1.50 bits per heavy atom. The van der Waals surface area contributed by atoms with Gasteiger partial charge in [0.15, 0.2) is 6.04 Å². The molecule has 112 valence electrons. The van der Waals surface area contributed by atoms with Gasteiger partial charge in [-0.3, -0.25) is 4.90 Å². The Morgan fingerprint density at radius 3 is 2.00 bits per heavy atom. The van der Waals surface area contributed by atoms with Crippen molar-refractivity contribution in [3.05, 3.63) is 24.4 Å². The van der Waals surface area contributed by atoms with E-state index >= 15 is 0 Å². The molecule has 1 aliphatic heterocycles. The van der Waals surface area contributed by atoms with E-state index in [9.17, 15) is 9.59 Å². The third-order valence-electron chi connectivity index (χ3n) is 2.20. The lowest BCUT2D eigenvalue weighted by molar-refractivity contribution is -0.158. The largest absolute Gasteiger partial charge is 0.458 e. The molecule has 1 heterocycles. The van der Waals surface area contributed by atoms with E-state index < -0.39 is 29.3 Å². The first-order valence-corrected chi connectivity index (χ1v) is 6.59. The van der Waals surface area contributed by atoms with Gasteiger partial charge in [-0.25, -0.2) is 9.59 Å². The molecule has 0 aromatic rings. The lowest BCUT2D eigenvalue weighted by atomic mass is 10.1. The van der Waals surface area contributed by atoms with Crippen LogP contribution in [-0.4, -0.2) is 34.2 Å². The second-order valence-electron chi connectivity index (χ2n) is 6.59. The molecule has 20 heavy (non-hydrogen) atoms. The van der Waals surface area contributed by atoms with Crippen LogP contribution in [0.4, 0.5) is 4.79 Å². The Balaban J connectivity index is 2.83. The summed E-state index contributed by atoms with van der Waals surface area (Å²) >= 11 is 0. The van der Waals surface area contributed by atoms with Crippen molar-refractivity contribution in [2.24, 2.45) is 0 Å². The highest BCUT2D eigenvalue weighted by Gasteiger charge is 2.33. The summed E-state index contributed by atoms with van der Waals surface area (Å²) in [6.45, 7) is 10.7. The van der Waals surface area contributed by atoms with Crippen molar-refractivity contribution < 1.29 is 19.1 Å². The molecule has 0 N–H and O–H groups in total. The van der Waals surface area contributed by atoms with E-state index in [1.54, 1.807) is 59.8 Å². The van der Waals surface area contributed by atoms with Gasteiger partial charge >= 0.3 is 12.1 Å². The lowest BCUT2D eigenvalue weighted by Gasteiger charge is -2.31. The third kappa shape index (κ3) is 5.07. The van der Waals surface area contributed by atoms with Gasteiger partial charge in [-0.15, -0.1) is 0 Å². The highest BCUT2D eigenvalue weighted by molar-refractivity contribution is 5.85. The summed E-state index contributed by atoms with van der Waals surface area (Å²) in [4.78, 5) is 25.5. The molecule has 0 aromatic carbocycles. The number of amides is 1. The first-order chi connectivity index (χ1) is 8.99. The number of hydrogen-bond acceptors (Lipinski definition) is 4. The zero-order valence-electron chi connectivity index (χ0n) is 13.0. The van der Waals surface area contributed by atoms with Crippen molar-refractivity contribution in [1.29, 1.82) is 0 Å². The zero-order valence-corrected chi connectivity index (χ0v) is 13.0. The van der Waals surface area contributed by atoms with E-state index in [4.69, 9.17) is 9.47 Å². The van der Waals surface area contributed by atoms with Crippen LogP contribution >= 0.6 is 0 Å². The number of ether oxygens (including phenoxy) is 2. The van der Waals surface area contributed by atoms with Gasteiger partial charge in [-0.1, -0.05) is 12.2 Å². The fourth-order valence-electron chi connectivity index (χ4n) is 1.54. The summed E-state index contributed by atoms with van der Waals surface area (Å²) in [6.07, 6.45) is 5.93. The summed E-state index contributed by atoms with van der Waals surface area (Å²) in [5, 5.41) is 0. The molecule has 1 aliphatic rings. The average molecular weight is 281 g/mol. The highest BCUT2D eigenvalue weighted by Crippen LogP contribution is 2.18. The molecule has 1 rings (SSSR count). The van der Waals surface area contributed by atoms with E-state index in [1.807, 2.05) is 0 Å². The normalized spacial score (nSPS) is 18.9. The molecule has 0 saturated heterocycles. The predicted octanol–water partition coefficient (Wildman–Crippen LogP) is 3.02. The maximum Gasteiger partial charge on any atom is 0.415 e. The Hall–Kier alpha value is -1.78. The van der Waals surface area contributed by atoms with Crippen LogP contribution in [0, 0.1) is 0 Å². The van der Waals surface area contributed by atoms with Crippen LogP contribution in [0.25, 0.3) is 0 Å². The van der Waals surface area contributed by atoms with E-state index in [1.165, 1.54) is 11.1 Å². The maximum atomic E-state index is 12.1. The van der Waals surface area contributed by atoms with Crippen LogP contribution in [0.2, 0.25) is 0 Å². The fraction of sp³-hybridized carbons (Fsp3) is 0.600. The number of nitrogens with zero attached hydrogens (tertiary/aromatic N) is 1. The Bertz CT molecular complexity index is 396. The van der Waals surface area contributed by atoms with E-state index in [0.29, 0.717) is 0 Å².